The van der Waals surface area contributed by atoms with Crippen molar-refractivity contribution in [1.29, 1.82) is 0 Å². The first-order valence-electron chi connectivity index (χ1n) is 22.0. The first-order chi connectivity index (χ1) is 33.3. The van der Waals surface area contributed by atoms with Crippen LogP contribution in [0, 0.1) is 0 Å². The van der Waals surface area contributed by atoms with Crippen molar-refractivity contribution in [1.82, 2.24) is 4.90 Å². The SMILES string of the molecule is COc1cc(C=CCN(CC=Cc2ccc(OC(C)=O)c(OC)c2)Cc2ccc(N(CC=Cc3ccc(OC(C)=O)c(OC)c3)CC=Cc3ccc(OC(C)=O)c(OC)c3)cc2)ccc1OC(C)=O. The van der Waals surface area contributed by atoms with E-state index in [9.17, 15) is 19.2 Å². The number of hydrogen-bond acceptors (Lipinski definition) is 14. The Morgan fingerprint density at radius 1 is 0.391 bits per heavy atom. The maximum atomic E-state index is 11.6. The molecule has 69 heavy (non-hydrogen) atoms. The lowest BCUT2D eigenvalue weighted by Gasteiger charge is -2.23. The maximum Gasteiger partial charge on any atom is 0.308 e. The van der Waals surface area contributed by atoms with Crippen LogP contribution in [-0.2, 0) is 25.7 Å². The molecule has 0 aromatic heterocycles. The highest BCUT2D eigenvalue weighted by Gasteiger charge is 2.13. The molecule has 0 radical (unpaired) electrons. The maximum absolute atomic E-state index is 11.6. The molecule has 0 unspecified atom stereocenters. The lowest BCUT2D eigenvalue weighted by atomic mass is 10.1. The average molecular weight is 939 g/mol. The third kappa shape index (κ3) is 16.6. The number of carbonyl (C=O) groups excluding carboxylic acids is 4. The minimum Gasteiger partial charge on any atom is -0.493 e. The molecule has 0 aliphatic heterocycles. The molecule has 0 N–H and O–H groups in total. The van der Waals surface area contributed by atoms with Crippen molar-refractivity contribution in [3.63, 3.8) is 0 Å². The van der Waals surface area contributed by atoms with Crippen LogP contribution in [0.3, 0.4) is 0 Å². The van der Waals surface area contributed by atoms with Crippen molar-refractivity contribution in [2.75, 3.05) is 59.5 Å². The van der Waals surface area contributed by atoms with Crippen LogP contribution in [0.15, 0.2) is 121 Å². The van der Waals surface area contributed by atoms with E-state index in [2.05, 4.69) is 58.4 Å². The highest BCUT2D eigenvalue weighted by atomic mass is 16.6. The molecule has 5 rings (SSSR count). The number of nitrogens with zero attached hydrogens (tertiary/aromatic N) is 2. The van der Waals surface area contributed by atoms with E-state index in [1.54, 1.807) is 24.3 Å². The highest BCUT2D eigenvalue weighted by Crippen LogP contribution is 2.32. The lowest BCUT2D eigenvalue weighted by molar-refractivity contribution is -0.132. The second kappa shape index (κ2) is 26.3. The Kier molecular flexibility index (Phi) is 19.8. The van der Waals surface area contributed by atoms with E-state index < -0.39 is 23.9 Å². The topological polar surface area (TPSA) is 149 Å². The summed E-state index contributed by atoms with van der Waals surface area (Å²) in [6.07, 6.45) is 16.2. The van der Waals surface area contributed by atoms with Crippen LogP contribution < -0.4 is 42.8 Å². The molecular formula is C55H58N2O12. The van der Waals surface area contributed by atoms with Gasteiger partial charge >= 0.3 is 23.9 Å². The van der Waals surface area contributed by atoms with Gasteiger partial charge in [-0.15, -0.1) is 0 Å². The molecule has 0 saturated carbocycles. The molecule has 0 spiro atoms. The highest BCUT2D eigenvalue weighted by molar-refractivity contribution is 5.73. The summed E-state index contributed by atoms with van der Waals surface area (Å²) in [6, 6.07) is 30.0. The van der Waals surface area contributed by atoms with Gasteiger partial charge in [0.2, 0.25) is 0 Å². The number of benzene rings is 5. The monoisotopic (exact) mass is 938 g/mol. The molecule has 0 amide bonds. The molecule has 0 aliphatic carbocycles. The first kappa shape index (κ1) is 51.9. The molecule has 360 valence electrons. The normalized spacial score (nSPS) is 11.3. The van der Waals surface area contributed by atoms with Gasteiger partial charge in [-0.3, -0.25) is 24.1 Å². The lowest BCUT2D eigenvalue weighted by Crippen LogP contribution is -2.24. The molecule has 0 heterocycles. The summed E-state index contributed by atoms with van der Waals surface area (Å²) in [4.78, 5) is 50.9. The van der Waals surface area contributed by atoms with Gasteiger partial charge < -0.3 is 42.8 Å². The van der Waals surface area contributed by atoms with Crippen molar-refractivity contribution in [2.45, 2.75) is 34.2 Å². The molecule has 0 atom stereocenters. The van der Waals surface area contributed by atoms with Crippen LogP contribution in [0.25, 0.3) is 24.3 Å². The van der Waals surface area contributed by atoms with Gasteiger partial charge in [-0.1, -0.05) is 85.0 Å². The summed E-state index contributed by atoms with van der Waals surface area (Å²) in [7, 11) is 6.11. The number of ether oxygens (including phenoxy) is 8. The van der Waals surface area contributed by atoms with E-state index >= 15 is 0 Å². The Labute approximate surface area is 403 Å². The summed E-state index contributed by atoms with van der Waals surface area (Å²) in [6.45, 7) is 8.28. The van der Waals surface area contributed by atoms with E-state index in [-0.39, 0.29) is 0 Å². The van der Waals surface area contributed by atoms with Gasteiger partial charge in [0, 0.05) is 66.1 Å². The van der Waals surface area contributed by atoms with E-state index in [1.807, 2.05) is 72.8 Å². The molecule has 14 heteroatoms. The first-order valence-corrected chi connectivity index (χ1v) is 22.0. The number of rotatable bonds is 23. The van der Waals surface area contributed by atoms with Gasteiger partial charge in [-0.05, 0) is 88.5 Å². The zero-order valence-electron chi connectivity index (χ0n) is 40.2. The van der Waals surface area contributed by atoms with E-state index in [0.29, 0.717) is 78.7 Å². The zero-order valence-corrected chi connectivity index (χ0v) is 40.2. The second-order valence-electron chi connectivity index (χ2n) is 15.4. The smallest absolute Gasteiger partial charge is 0.308 e. The Morgan fingerprint density at radius 2 is 0.681 bits per heavy atom. The predicted octanol–water partition coefficient (Wildman–Crippen LogP) is 9.88. The largest absolute Gasteiger partial charge is 0.493 e. The van der Waals surface area contributed by atoms with Crippen molar-refractivity contribution < 1.29 is 57.1 Å². The number of hydrogen-bond donors (Lipinski definition) is 0. The Balaban J connectivity index is 1.39. The van der Waals surface area contributed by atoms with Gasteiger partial charge in [-0.25, -0.2) is 0 Å². The quantitative estimate of drug-likeness (QED) is 0.0452. The van der Waals surface area contributed by atoms with Crippen LogP contribution in [0.5, 0.6) is 46.0 Å². The molecule has 0 bridgehead atoms. The average Bonchev–Trinajstić information content (AvgIpc) is 3.32. The van der Waals surface area contributed by atoms with Gasteiger partial charge in [0.15, 0.2) is 46.0 Å². The number of anilines is 1. The standard InChI is InChI=1S/C55H58N2O12/c1-38(58)66-48-25-19-42(33-52(48)62-5)13-9-29-56(30-10-14-43-20-26-49(67-39(2)59)53(34-43)63-6)37-46-17-23-47(24-18-46)57(31-11-15-44-21-27-50(68-40(3)60)54(35-44)64-7)32-12-16-45-22-28-51(69-41(4)61)55(36-45)65-8/h9-28,33-36H,29-32,37H2,1-8H3. The van der Waals surface area contributed by atoms with Gasteiger partial charge in [0.25, 0.3) is 0 Å². The van der Waals surface area contributed by atoms with E-state index in [4.69, 9.17) is 37.9 Å². The minimum absolute atomic E-state index is 0.345. The molecule has 5 aromatic carbocycles. The van der Waals surface area contributed by atoms with Crippen LogP contribution in [-0.4, -0.2) is 83.4 Å². The molecule has 0 saturated heterocycles. The van der Waals surface area contributed by atoms with Crippen LogP contribution in [0.4, 0.5) is 5.69 Å². The fourth-order valence-corrected chi connectivity index (χ4v) is 6.98. The van der Waals surface area contributed by atoms with Crippen molar-refractivity contribution in [2.24, 2.45) is 0 Å². The molecule has 5 aromatic rings. The molecule has 0 fully saturated rings. The van der Waals surface area contributed by atoms with Gasteiger partial charge in [-0.2, -0.15) is 0 Å². The van der Waals surface area contributed by atoms with Crippen LogP contribution >= 0.6 is 0 Å². The third-order valence-electron chi connectivity index (χ3n) is 10.1. The van der Waals surface area contributed by atoms with Crippen LogP contribution in [0.1, 0.15) is 55.5 Å². The van der Waals surface area contributed by atoms with Gasteiger partial charge in [0.1, 0.15) is 0 Å². The summed E-state index contributed by atoms with van der Waals surface area (Å²) >= 11 is 0. The van der Waals surface area contributed by atoms with Crippen molar-refractivity contribution in [3.05, 3.63) is 149 Å². The second-order valence-corrected chi connectivity index (χ2v) is 15.4. The fourth-order valence-electron chi connectivity index (χ4n) is 6.98. The summed E-state index contributed by atoms with van der Waals surface area (Å²) in [5.74, 6) is 1.46. The summed E-state index contributed by atoms with van der Waals surface area (Å²) in [5, 5.41) is 0. The van der Waals surface area contributed by atoms with Crippen molar-refractivity contribution in [3.8, 4) is 46.0 Å². The van der Waals surface area contributed by atoms with Crippen LogP contribution in [0.2, 0.25) is 0 Å². The third-order valence-corrected chi connectivity index (χ3v) is 10.1. The van der Waals surface area contributed by atoms with Gasteiger partial charge in [0.05, 0.1) is 28.4 Å². The summed E-state index contributed by atoms with van der Waals surface area (Å²) in [5.41, 5.74) is 5.57. The zero-order chi connectivity index (χ0) is 49.7. The predicted molar refractivity (Wildman–Crippen MR) is 267 cm³/mol. The minimum atomic E-state index is -0.434. The van der Waals surface area contributed by atoms with E-state index in [1.165, 1.54) is 56.1 Å². The number of methoxy groups -OCH3 is 4. The Bertz CT molecular complexity index is 2530. The number of esters is 4. The molecule has 14 nitrogen and oxygen atoms in total. The number of carbonyl (C=O) groups is 4. The fraction of sp³-hybridized carbons (Fsp3) is 0.236. The van der Waals surface area contributed by atoms with Crippen molar-refractivity contribution >= 4 is 53.9 Å². The Hall–Kier alpha value is -8.10. The molecule has 0 aliphatic rings. The summed E-state index contributed by atoms with van der Waals surface area (Å²) < 4.78 is 43.0. The van der Waals surface area contributed by atoms with E-state index in [0.717, 1.165) is 33.5 Å². The Morgan fingerprint density at radius 3 is 0.957 bits per heavy atom. The molecular weight excluding hydrogens is 881 g/mol.